The summed E-state index contributed by atoms with van der Waals surface area (Å²) < 4.78 is 1.77. The highest BCUT2D eigenvalue weighted by Gasteiger charge is 2.19. The maximum Gasteiger partial charge on any atom is 0.258 e. The lowest BCUT2D eigenvalue weighted by molar-refractivity contribution is -0.115. The Kier molecular flexibility index (Phi) is 6.03. The van der Waals surface area contributed by atoms with Crippen molar-refractivity contribution in [2.24, 2.45) is 0 Å². The van der Waals surface area contributed by atoms with Crippen LogP contribution >= 0.6 is 23.2 Å². The largest absolute Gasteiger partial charge is 0.397 e. The van der Waals surface area contributed by atoms with E-state index in [0.29, 0.717) is 34.1 Å². The van der Waals surface area contributed by atoms with Gasteiger partial charge in [0.1, 0.15) is 0 Å². The van der Waals surface area contributed by atoms with Gasteiger partial charge in [0, 0.05) is 6.20 Å². The number of pyridine rings is 1. The Bertz CT molecular complexity index is 1330. The molecule has 4 N–H and O–H groups in total. The summed E-state index contributed by atoms with van der Waals surface area (Å²) in [6.07, 6.45) is 1.86. The number of aromatic nitrogens is 2. The zero-order chi connectivity index (χ0) is 22.8. The lowest BCUT2D eigenvalue weighted by atomic mass is 10.2. The van der Waals surface area contributed by atoms with Gasteiger partial charge in [-0.25, -0.2) is 4.98 Å². The molecule has 7 nitrogen and oxygen atoms in total. The normalized spacial score (nSPS) is 10.8. The molecular formula is C23H19Cl2N5O2. The van der Waals surface area contributed by atoms with E-state index in [0.717, 1.165) is 0 Å². The van der Waals surface area contributed by atoms with Gasteiger partial charge in [-0.15, -0.1) is 0 Å². The van der Waals surface area contributed by atoms with E-state index in [9.17, 15) is 9.59 Å². The highest BCUT2D eigenvalue weighted by molar-refractivity contribution is 6.40. The van der Waals surface area contributed by atoms with Gasteiger partial charge in [0.15, 0.2) is 5.65 Å². The fourth-order valence-corrected chi connectivity index (χ4v) is 3.97. The third-order valence-electron chi connectivity index (χ3n) is 4.95. The fraction of sp³-hybridized carbons (Fsp3) is 0.0870. The van der Waals surface area contributed by atoms with Crippen LogP contribution in [0.15, 0.2) is 60.8 Å². The number of carbonyl (C=O) groups is 2. The lowest BCUT2D eigenvalue weighted by Crippen LogP contribution is -2.17. The van der Waals surface area contributed by atoms with Crippen molar-refractivity contribution in [1.29, 1.82) is 0 Å². The maximum absolute atomic E-state index is 12.8. The number of hydrogen-bond acceptors (Lipinski definition) is 4. The molecule has 162 valence electrons. The number of para-hydroxylation sites is 2. The van der Waals surface area contributed by atoms with E-state index in [1.54, 1.807) is 65.2 Å². The molecule has 0 aliphatic heterocycles. The quantitative estimate of drug-likeness (QED) is 0.360. The number of nitrogens with two attached hydrogens (primary N) is 1. The molecule has 2 aromatic carbocycles. The lowest BCUT2D eigenvalue weighted by Gasteiger charge is -2.10. The van der Waals surface area contributed by atoms with Crippen LogP contribution in [-0.4, -0.2) is 21.2 Å². The van der Waals surface area contributed by atoms with Crippen molar-refractivity contribution in [3.63, 3.8) is 0 Å². The predicted octanol–water partition coefficient (Wildman–Crippen LogP) is 4.97. The highest BCUT2D eigenvalue weighted by atomic mass is 35.5. The van der Waals surface area contributed by atoms with Crippen LogP contribution < -0.4 is 16.4 Å². The first-order valence-corrected chi connectivity index (χ1v) is 10.5. The fourth-order valence-electron chi connectivity index (χ4n) is 3.40. The second-order valence-corrected chi connectivity index (χ2v) is 7.94. The van der Waals surface area contributed by atoms with Crippen LogP contribution in [0.4, 0.5) is 17.1 Å². The van der Waals surface area contributed by atoms with Crippen LogP contribution in [0.1, 0.15) is 21.7 Å². The summed E-state index contributed by atoms with van der Waals surface area (Å²) in [4.78, 5) is 30.0. The SMILES string of the molecule is Cc1nc2c(NC(=O)c3c(Cl)cccc3Cl)cccn2c1CC(=O)Nc1ccccc1N. The number of anilines is 3. The summed E-state index contributed by atoms with van der Waals surface area (Å²) in [6.45, 7) is 1.81. The van der Waals surface area contributed by atoms with E-state index in [1.165, 1.54) is 0 Å². The molecule has 2 heterocycles. The smallest absolute Gasteiger partial charge is 0.258 e. The van der Waals surface area contributed by atoms with Crippen LogP contribution in [0.5, 0.6) is 0 Å². The van der Waals surface area contributed by atoms with Gasteiger partial charge in [-0.3, -0.25) is 9.59 Å². The van der Waals surface area contributed by atoms with Gasteiger partial charge < -0.3 is 20.8 Å². The average Bonchev–Trinajstić information content (AvgIpc) is 3.06. The first-order valence-electron chi connectivity index (χ1n) is 9.71. The molecule has 2 aromatic heterocycles. The molecule has 0 fully saturated rings. The molecule has 0 radical (unpaired) electrons. The molecule has 4 rings (SSSR count). The third kappa shape index (κ3) is 4.26. The Morgan fingerprint density at radius 2 is 1.66 bits per heavy atom. The molecule has 32 heavy (non-hydrogen) atoms. The zero-order valence-electron chi connectivity index (χ0n) is 17.0. The number of fused-ring (bicyclic) bond motifs is 1. The Morgan fingerprint density at radius 3 is 2.38 bits per heavy atom. The van der Waals surface area contributed by atoms with Crippen molar-refractivity contribution in [1.82, 2.24) is 9.38 Å². The minimum absolute atomic E-state index is 0.0784. The number of benzene rings is 2. The number of amides is 2. The highest BCUT2D eigenvalue weighted by Crippen LogP contribution is 2.27. The van der Waals surface area contributed by atoms with Crippen molar-refractivity contribution < 1.29 is 9.59 Å². The number of aryl methyl sites for hydroxylation is 1. The van der Waals surface area contributed by atoms with E-state index in [4.69, 9.17) is 28.9 Å². The molecule has 0 aliphatic rings. The monoisotopic (exact) mass is 467 g/mol. The molecule has 0 atom stereocenters. The standard InChI is InChI=1S/C23H19Cl2N5O2/c1-13-19(12-20(31)28-17-9-3-2-8-16(17)26)30-11-5-10-18(22(30)27-13)29-23(32)21-14(24)6-4-7-15(21)25/h2-11H,12,26H2,1H3,(H,28,31)(H,29,32). The number of halogens is 2. The van der Waals surface area contributed by atoms with Crippen LogP contribution in [0.2, 0.25) is 10.0 Å². The van der Waals surface area contributed by atoms with Gasteiger partial charge >= 0.3 is 0 Å². The van der Waals surface area contributed by atoms with Crippen LogP contribution in [0.25, 0.3) is 5.65 Å². The van der Waals surface area contributed by atoms with Gasteiger partial charge in [-0.2, -0.15) is 0 Å². The number of imidazole rings is 1. The van der Waals surface area contributed by atoms with Crippen molar-refractivity contribution in [2.75, 3.05) is 16.4 Å². The van der Waals surface area contributed by atoms with Crippen LogP contribution in [0, 0.1) is 6.92 Å². The van der Waals surface area contributed by atoms with Crippen molar-refractivity contribution in [3.05, 3.63) is 87.8 Å². The van der Waals surface area contributed by atoms with E-state index < -0.39 is 5.91 Å². The van der Waals surface area contributed by atoms with Crippen molar-refractivity contribution in [3.8, 4) is 0 Å². The molecule has 9 heteroatoms. The Morgan fingerprint density at radius 1 is 0.969 bits per heavy atom. The van der Waals surface area contributed by atoms with E-state index in [1.807, 2.05) is 6.92 Å². The number of nitrogen functional groups attached to an aromatic ring is 1. The number of nitrogens with one attached hydrogen (secondary N) is 2. The Labute approximate surface area is 194 Å². The molecule has 0 saturated carbocycles. The van der Waals surface area contributed by atoms with E-state index in [-0.39, 0.29) is 27.9 Å². The number of hydrogen-bond donors (Lipinski definition) is 3. The summed E-state index contributed by atoms with van der Waals surface area (Å²) in [5.41, 5.74) is 9.45. The van der Waals surface area contributed by atoms with Crippen molar-refractivity contribution >= 4 is 57.7 Å². The minimum Gasteiger partial charge on any atom is -0.397 e. The Hall–Kier alpha value is -3.55. The Balaban J connectivity index is 1.61. The summed E-state index contributed by atoms with van der Waals surface area (Å²) in [7, 11) is 0. The molecule has 2 amide bonds. The summed E-state index contributed by atoms with van der Waals surface area (Å²) in [5, 5.41) is 6.13. The average molecular weight is 468 g/mol. The maximum atomic E-state index is 12.8. The number of nitrogens with zero attached hydrogens (tertiary/aromatic N) is 2. The predicted molar refractivity (Wildman–Crippen MR) is 128 cm³/mol. The molecule has 4 aromatic rings. The van der Waals surface area contributed by atoms with E-state index in [2.05, 4.69) is 15.6 Å². The van der Waals surface area contributed by atoms with Gasteiger partial charge in [-0.1, -0.05) is 41.4 Å². The summed E-state index contributed by atoms with van der Waals surface area (Å²) >= 11 is 12.3. The summed E-state index contributed by atoms with van der Waals surface area (Å²) in [5.74, 6) is -0.682. The third-order valence-corrected chi connectivity index (χ3v) is 5.58. The second-order valence-electron chi connectivity index (χ2n) is 7.12. The first-order chi connectivity index (χ1) is 15.3. The second kappa shape index (κ2) is 8.90. The van der Waals surface area contributed by atoms with Gasteiger partial charge in [0.05, 0.1) is 50.5 Å². The van der Waals surface area contributed by atoms with Crippen LogP contribution in [-0.2, 0) is 11.2 Å². The molecule has 0 spiro atoms. The van der Waals surface area contributed by atoms with Gasteiger partial charge in [0.2, 0.25) is 5.91 Å². The minimum atomic E-state index is -0.451. The van der Waals surface area contributed by atoms with Gasteiger partial charge in [0.25, 0.3) is 5.91 Å². The van der Waals surface area contributed by atoms with E-state index >= 15 is 0 Å². The molecule has 0 bridgehead atoms. The summed E-state index contributed by atoms with van der Waals surface area (Å²) in [6, 6.07) is 15.4. The zero-order valence-corrected chi connectivity index (χ0v) is 18.5. The number of rotatable bonds is 5. The topological polar surface area (TPSA) is 102 Å². The molecule has 0 aliphatic carbocycles. The molecule has 0 saturated heterocycles. The first kappa shape index (κ1) is 21.7. The van der Waals surface area contributed by atoms with Gasteiger partial charge in [-0.05, 0) is 43.3 Å². The number of carbonyl (C=O) groups excluding carboxylic acids is 2. The van der Waals surface area contributed by atoms with Crippen molar-refractivity contribution in [2.45, 2.75) is 13.3 Å². The van der Waals surface area contributed by atoms with Crippen LogP contribution in [0.3, 0.4) is 0 Å². The molecular weight excluding hydrogens is 449 g/mol. The molecule has 0 unspecified atom stereocenters.